The molecule has 0 saturated heterocycles. The number of Topliss-reactive ketones (excluding diaryl/α,β-unsaturated/α-hetero) is 1. The third-order valence-electron chi connectivity index (χ3n) is 8.22. The molecule has 0 aromatic heterocycles. The molecule has 0 aromatic rings. The quantitative estimate of drug-likeness (QED) is 0.457. The van der Waals surface area contributed by atoms with Gasteiger partial charge in [-0.1, -0.05) is 48.1 Å². The van der Waals surface area contributed by atoms with Gasteiger partial charge in [0.15, 0.2) is 11.6 Å². The van der Waals surface area contributed by atoms with Crippen molar-refractivity contribution in [2.24, 2.45) is 28.6 Å². The fourth-order valence-corrected chi connectivity index (χ4v) is 8.25. The van der Waals surface area contributed by atoms with Crippen molar-refractivity contribution in [1.29, 1.82) is 0 Å². The Labute approximate surface area is 168 Å². The number of allylic oxidation sites excluding steroid dienone is 4. The largest absolute Gasteiger partial charge is 0.393 e. The summed E-state index contributed by atoms with van der Waals surface area (Å²) in [5, 5.41) is 22.5. The minimum atomic E-state index is -1.34. The number of fused-ring (bicyclic) bond motifs is 5. The summed E-state index contributed by atoms with van der Waals surface area (Å²) in [4.78, 5) is 24.2. The van der Waals surface area contributed by atoms with Crippen molar-refractivity contribution in [3.05, 3.63) is 23.8 Å². The van der Waals surface area contributed by atoms with Crippen LogP contribution in [0.5, 0.6) is 0 Å². The van der Waals surface area contributed by atoms with Crippen LogP contribution in [0.1, 0.15) is 46.5 Å². The second-order valence-electron chi connectivity index (χ2n) is 9.26. The van der Waals surface area contributed by atoms with Gasteiger partial charge in [0, 0.05) is 20.7 Å². The number of ketones is 2. The van der Waals surface area contributed by atoms with E-state index in [9.17, 15) is 19.8 Å². The topological polar surface area (TPSA) is 74.6 Å². The smallest absolute Gasteiger partial charge is 0.178 e. The molecule has 0 unspecified atom stereocenters. The molecule has 3 fully saturated rings. The number of aliphatic hydroxyl groups excluding tert-OH is 1. The van der Waals surface area contributed by atoms with E-state index >= 15 is 0 Å². The van der Waals surface area contributed by atoms with Gasteiger partial charge in [-0.3, -0.25) is 9.59 Å². The fraction of sp³-hybridized carbons (Fsp3) is 0.714. The average Bonchev–Trinajstić information content (AvgIpc) is 2.81. The van der Waals surface area contributed by atoms with Crippen molar-refractivity contribution >= 4 is 34.2 Å². The van der Waals surface area contributed by atoms with Gasteiger partial charge < -0.3 is 10.2 Å². The first-order valence-electron chi connectivity index (χ1n) is 9.54. The second-order valence-corrected chi connectivity index (χ2v) is 10.9. The molecule has 0 spiro atoms. The van der Waals surface area contributed by atoms with Gasteiger partial charge in [0.05, 0.1) is 6.10 Å². The Balaban J connectivity index is 1.81. The van der Waals surface area contributed by atoms with Gasteiger partial charge >= 0.3 is 0 Å². The number of carbonyl (C=O) groups excluding carboxylic acids is 2. The van der Waals surface area contributed by atoms with E-state index in [4.69, 9.17) is 0 Å². The zero-order valence-corrected chi connectivity index (χ0v) is 17.7. The summed E-state index contributed by atoms with van der Waals surface area (Å²) in [5.41, 5.74) is -1.13. The van der Waals surface area contributed by atoms with Crippen molar-refractivity contribution < 1.29 is 19.8 Å². The van der Waals surface area contributed by atoms with Crippen LogP contribution in [0.2, 0.25) is 0 Å². The average molecular weight is 470 g/mol. The lowest BCUT2D eigenvalue weighted by molar-refractivity contribution is -0.173. The van der Waals surface area contributed by atoms with Crippen LogP contribution in [0.4, 0.5) is 0 Å². The summed E-state index contributed by atoms with van der Waals surface area (Å²) in [7, 11) is 0. The van der Waals surface area contributed by atoms with E-state index in [2.05, 4.69) is 29.5 Å². The zero-order valence-electron chi connectivity index (χ0n) is 15.5. The Bertz CT molecular complexity index is 742. The fourth-order valence-electron chi connectivity index (χ4n) is 6.82. The van der Waals surface area contributed by atoms with Crippen molar-refractivity contribution in [3.8, 4) is 0 Å². The predicted octanol–water partition coefficient (Wildman–Crippen LogP) is 3.00. The molecule has 4 aliphatic rings. The highest BCUT2D eigenvalue weighted by molar-refractivity contribution is 14.1. The highest BCUT2D eigenvalue weighted by Crippen LogP contribution is 2.67. The summed E-state index contributed by atoms with van der Waals surface area (Å²) in [5.74, 6) is 0.292. The molecule has 0 heterocycles. The molecule has 3 saturated carbocycles. The lowest BCUT2D eigenvalue weighted by Crippen LogP contribution is -2.62. The third kappa shape index (κ3) is 2.20. The van der Waals surface area contributed by atoms with Gasteiger partial charge in [-0.05, 0) is 56.6 Å². The molecule has 26 heavy (non-hydrogen) atoms. The molecular weight excluding hydrogens is 443 g/mol. The summed E-state index contributed by atoms with van der Waals surface area (Å²) in [6.07, 6.45) is 7.33. The van der Waals surface area contributed by atoms with Crippen LogP contribution in [0.15, 0.2) is 23.8 Å². The first-order chi connectivity index (χ1) is 12.0. The van der Waals surface area contributed by atoms with Gasteiger partial charge in [-0.2, -0.15) is 0 Å². The number of carbonyl (C=O) groups is 2. The molecule has 0 bridgehead atoms. The Morgan fingerprint density at radius 2 is 2.04 bits per heavy atom. The van der Waals surface area contributed by atoms with Gasteiger partial charge in [0.25, 0.3) is 0 Å². The van der Waals surface area contributed by atoms with Crippen LogP contribution in [-0.2, 0) is 9.59 Å². The van der Waals surface area contributed by atoms with Crippen molar-refractivity contribution in [2.75, 3.05) is 0 Å². The number of halogens is 1. The molecule has 0 radical (unpaired) electrons. The first-order valence-corrected chi connectivity index (χ1v) is 10.8. The van der Waals surface area contributed by atoms with Crippen molar-refractivity contribution in [3.63, 3.8) is 0 Å². The molecular formula is C21H27IO4. The van der Waals surface area contributed by atoms with E-state index in [0.29, 0.717) is 12.8 Å². The van der Waals surface area contributed by atoms with E-state index in [0.717, 1.165) is 18.4 Å². The normalized spacial score (nSPS) is 52.8. The Morgan fingerprint density at radius 3 is 2.69 bits per heavy atom. The van der Waals surface area contributed by atoms with Crippen LogP contribution < -0.4 is 0 Å². The number of hydrogen-bond acceptors (Lipinski definition) is 4. The summed E-state index contributed by atoms with van der Waals surface area (Å²) in [6.45, 7) is 5.62. The molecule has 142 valence electrons. The van der Waals surface area contributed by atoms with E-state index in [1.165, 1.54) is 6.92 Å². The maximum atomic E-state index is 12.3. The molecule has 4 rings (SSSR count). The lowest BCUT2D eigenvalue weighted by Gasteiger charge is -2.60. The lowest BCUT2D eigenvalue weighted by atomic mass is 9.46. The number of rotatable bonds is 1. The highest BCUT2D eigenvalue weighted by Gasteiger charge is 2.68. The van der Waals surface area contributed by atoms with Crippen LogP contribution in [0, 0.1) is 28.6 Å². The standard InChI is InChI=1S/C21H27IO4/c1-11(23)21(26)7-5-14-17-15(22)9-12-8-13(24)4-6-19(12,2)18(17)16(25)10-20(14,21)3/h4,6,8,14-18,25-26H,5,7,9-10H2,1-3H3/t14-,15+,16-,17+,18-,19-,20-,21-/m0/s1. The van der Waals surface area contributed by atoms with Crippen LogP contribution in [-0.4, -0.2) is 37.4 Å². The maximum Gasteiger partial charge on any atom is 0.178 e. The minimum Gasteiger partial charge on any atom is -0.393 e. The summed E-state index contributed by atoms with van der Waals surface area (Å²) in [6, 6.07) is 0. The van der Waals surface area contributed by atoms with Crippen LogP contribution in [0.25, 0.3) is 0 Å². The van der Waals surface area contributed by atoms with Gasteiger partial charge in [0.2, 0.25) is 0 Å². The van der Waals surface area contributed by atoms with Crippen LogP contribution in [0.3, 0.4) is 0 Å². The molecule has 4 aliphatic carbocycles. The van der Waals surface area contributed by atoms with E-state index in [1.807, 2.05) is 13.0 Å². The Kier molecular flexibility index (Phi) is 4.15. The van der Waals surface area contributed by atoms with Crippen LogP contribution >= 0.6 is 22.6 Å². The molecule has 8 atom stereocenters. The molecule has 2 N–H and O–H groups in total. The Morgan fingerprint density at radius 1 is 1.35 bits per heavy atom. The molecule has 5 heteroatoms. The highest BCUT2D eigenvalue weighted by atomic mass is 127. The minimum absolute atomic E-state index is 0.0149. The van der Waals surface area contributed by atoms with E-state index in [1.54, 1.807) is 12.2 Å². The van der Waals surface area contributed by atoms with E-state index in [-0.39, 0.29) is 38.7 Å². The zero-order chi connectivity index (χ0) is 19.1. The second kappa shape index (κ2) is 5.74. The van der Waals surface area contributed by atoms with Gasteiger partial charge in [-0.25, -0.2) is 0 Å². The van der Waals surface area contributed by atoms with Crippen molar-refractivity contribution in [2.45, 2.75) is 62.1 Å². The number of hydrogen-bond donors (Lipinski definition) is 2. The first kappa shape index (κ1) is 18.8. The summed E-state index contributed by atoms with van der Waals surface area (Å²) < 4.78 is 0.282. The predicted molar refractivity (Wildman–Crippen MR) is 107 cm³/mol. The van der Waals surface area contributed by atoms with Crippen molar-refractivity contribution in [1.82, 2.24) is 0 Å². The summed E-state index contributed by atoms with van der Waals surface area (Å²) >= 11 is 2.46. The van der Waals surface area contributed by atoms with E-state index < -0.39 is 17.1 Å². The molecule has 0 aromatic carbocycles. The monoisotopic (exact) mass is 470 g/mol. The maximum absolute atomic E-state index is 12.3. The molecule has 0 amide bonds. The third-order valence-corrected chi connectivity index (χ3v) is 9.49. The number of aliphatic hydroxyl groups is 2. The molecule has 4 nitrogen and oxygen atoms in total. The SMILES string of the molecule is CC(=O)[C@@]1(O)CC[C@H]2[C@H]3[C@H]([C@@H](O)C[C@@]21C)[C@@]1(C)C=CC(=O)C=C1C[C@H]3I. The molecule has 0 aliphatic heterocycles. The van der Waals surface area contributed by atoms with Gasteiger partial charge in [0.1, 0.15) is 5.60 Å². The Hall–Kier alpha value is -0.530. The number of alkyl halides is 1. The van der Waals surface area contributed by atoms with Gasteiger partial charge in [-0.15, -0.1) is 0 Å².